The maximum absolute atomic E-state index is 11.9. The van der Waals surface area contributed by atoms with Gasteiger partial charge in [0.1, 0.15) is 5.82 Å². The van der Waals surface area contributed by atoms with Crippen molar-refractivity contribution in [1.82, 2.24) is 15.0 Å². The van der Waals surface area contributed by atoms with E-state index >= 15 is 0 Å². The number of rotatable bonds is 8. The topological polar surface area (TPSA) is 89.0 Å². The first-order valence-electron chi connectivity index (χ1n) is 9.22. The van der Waals surface area contributed by atoms with Crippen molar-refractivity contribution in [3.05, 3.63) is 70.9 Å². The Kier molecular flexibility index (Phi) is 6.64. The summed E-state index contributed by atoms with van der Waals surface area (Å²) < 4.78 is 5.14. The van der Waals surface area contributed by atoms with Gasteiger partial charge in [-0.2, -0.15) is 9.97 Å². The molecule has 1 aromatic carbocycles. The Bertz CT molecular complexity index is 1100. The zero-order valence-electron chi connectivity index (χ0n) is 17.0. The number of aromatic nitrogens is 3. The highest BCUT2D eigenvalue weighted by molar-refractivity contribution is 6.33. The highest BCUT2D eigenvalue weighted by Crippen LogP contribution is 2.27. The normalized spacial score (nSPS) is 10.4. The Balaban J connectivity index is 1.90. The number of pyridine rings is 1. The average molecular weight is 424 g/mol. The number of methoxy groups -OCH3 is 1. The van der Waals surface area contributed by atoms with Gasteiger partial charge in [-0.1, -0.05) is 35.9 Å². The van der Waals surface area contributed by atoms with E-state index in [2.05, 4.69) is 32.2 Å². The van der Waals surface area contributed by atoms with Gasteiger partial charge in [0.15, 0.2) is 11.6 Å². The number of aryl methyl sites for hydroxylation is 2. The number of hydrogen-bond acceptors (Lipinski definition) is 7. The summed E-state index contributed by atoms with van der Waals surface area (Å²) in [6.07, 6.45) is 3.27. The molecule has 0 amide bonds. The van der Waals surface area contributed by atoms with Crippen LogP contribution >= 0.6 is 11.6 Å². The monoisotopic (exact) mass is 423 g/mol. The van der Waals surface area contributed by atoms with Crippen LogP contribution in [0, 0.1) is 13.8 Å². The fraction of sp³-hybridized carbons (Fsp3) is 0.182. The van der Waals surface area contributed by atoms with E-state index in [0.717, 1.165) is 22.4 Å². The lowest BCUT2D eigenvalue weighted by atomic mass is 10.0. The molecule has 2 N–H and O–H groups in total. The molecule has 7 nitrogen and oxygen atoms in total. The van der Waals surface area contributed by atoms with Crippen molar-refractivity contribution < 1.29 is 9.53 Å². The van der Waals surface area contributed by atoms with Crippen LogP contribution in [0.1, 0.15) is 16.7 Å². The summed E-state index contributed by atoms with van der Waals surface area (Å²) in [4.78, 5) is 25.0. The van der Waals surface area contributed by atoms with Gasteiger partial charge in [0.25, 0.3) is 0 Å². The first kappa shape index (κ1) is 21.3. The lowest BCUT2D eigenvalue weighted by molar-refractivity contribution is -0.114. The molecule has 0 spiro atoms. The second-order valence-electron chi connectivity index (χ2n) is 6.67. The third-order valence-corrected chi connectivity index (χ3v) is 4.64. The summed E-state index contributed by atoms with van der Waals surface area (Å²) >= 11 is 6.21. The Morgan fingerprint density at radius 3 is 2.70 bits per heavy atom. The van der Waals surface area contributed by atoms with E-state index in [1.165, 1.54) is 13.2 Å². The van der Waals surface area contributed by atoms with Crippen LogP contribution in [0.4, 0.5) is 23.3 Å². The van der Waals surface area contributed by atoms with Gasteiger partial charge >= 0.3 is 0 Å². The number of halogens is 1. The van der Waals surface area contributed by atoms with E-state index in [1.54, 1.807) is 18.3 Å². The number of anilines is 4. The number of nitrogens with zero attached hydrogens (tertiary/aromatic N) is 3. The van der Waals surface area contributed by atoms with Gasteiger partial charge in [-0.05, 0) is 37.6 Å². The molecular formula is C22H22ClN5O2. The van der Waals surface area contributed by atoms with Crippen molar-refractivity contribution >= 4 is 40.7 Å². The minimum absolute atomic E-state index is 0.0517. The largest absolute Gasteiger partial charge is 0.481 e. The molecule has 2 heterocycles. The van der Waals surface area contributed by atoms with E-state index in [9.17, 15) is 4.79 Å². The van der Waals surface area contributed by atoms with Crippen LogP contribution in [0.15, 0.2) is 49.2 Å². The molecule has 0 aliphatic rings. The number of nitrogens with one attached hydrogen (secondary N) is 2. The molecule has 0 aliphatic carbocycles. The summed E-state index contributed by atoms with van der Waals surface area (Å²) in [5.41, 5.74) is 3.56. The van der Waals surface area contributed by atoms with Gasteiger partial charge in [-0.3, -0.25) is 4.79 Å². The van der Waals surface area contributed by atoms with Crippen LogP contribution in [0.25, 0.3) is 0 Å². The Labute approximate surface area is 180 Å². The summed E-state index contributed by atoms with van der Waals surface area (Å²) in [5.74, 6) is 1.68. The van der Waals surface area contributed by atoms with Crippen LogP contribution in [-0.4, -0.2) is 27.8 Å². The van der Waals surface area contributed by atoms with Gasteiger partial charge < -0.3 is 15.4 Å². The second-order valence-corrected chi connectivity index (χ2v) is 7.07. The fourth-order valence-corrected chi connectivity index (χ4v) is 2.89. The predicted octanol–water partition coefficient (Wildman–Crippen LogP) is 4.94. The zero-order valence-corrected chi connectivity index (χ0v) is 17.7. The second kappa shape index (κ2) is 9.37. The first-order valence-corrected chi connectivity index (χ1v) is 9.60. The maximum Gasteiger partial charge on any atom is 0.230 e. The molecule has 0 saturated carbocycles. The number of benzene rings is 1. The van der Waals surface area contributed by atoms with Crippen LogP contribution in [0.2, 0.25) is 5.02 Å². The zero-order chi connectivity index (χ0) is 21.7. The Hall–Kier alpha value is -3.45. The SMILES string of the molecule is C=CC(=O)Cc1cc(C)ccc1Nc1nc(Nc2nc(OC)ccc2Cl)ncc1C. The van der Waals surface area contributed by atoms with Gasteiger partial charge in [-0.15, -0.1) is 0 Å². The van der Waals surface area contributed by atoms with Crippen molar-refractivity contribution in [2.45, 2.75) is 20.3 Å². The first-order chi connectivity index (χ1) is 14.4. The van der Waals surface area contributed by atoms with Crippen molar-refractivity contribution in [1.29, 1.82) is 0 Å². The Morgan fingerprint density at radius 2 is 1.97 bits per heavy atom. The molecular weight excluding hydrogens is 402 g/mol. The maximum atomic E-state index is 11.9. The molecule has 0 atom stereocenters. The lowest BCUT2D eigenvalue weighted by Crippen LogP contribution is -2.07. The van der Waals surface area contributed by atoms with Crippen LogP contribution < -0.4 is 15.4 Å². The highest BCUT2D eigenvalue weighted by atomic mass is 35.5. The van der Waals surface area contributed by atoms with E-state index in [0.29, 0.717) is 28.5 Å². The molecule has 154 valence electrons. The van der Waals surface area contributed by atoms with Gasteiger partial charge in [0, 0.05) is 29.9 Å². The minimum Gasteiger partial charge on any atom is -0.481 e. The number of ketones is 1. The molecule has 0 bridgehead atoms. The fourth-order valence-electron chi connectivity index (χ4n) is 2.74. The number of hydrogen-bond donors (Lipinski definition) is 2. The van der Waals surface area contributed by atoms with E-state index < -0.39 is 0 Å². The van der Waals surface area contributed by atoms with E-state index in [4.69, 9.17) is 16.3 Å². The number of carbonyl (C=O) groups is 1. The van der Waals surface area contributed by atoms with Gasteiger partial charge in [0.05, 0.1) is 12.1 Å². The predicted molar refractivity (Wildman–Crippen MR) is 119 cm³/mol. The van der Waals surface area contributed by atoms with Crippen molar-refractivity contribution in [3.8, 4) is 5.88 Å². The third kappa shape index (κ3) is 5.12. The summed E-state index contributed by atoms with van der Waals surface area (Å²) in [6, 6.07) is 9.22. The number of allylic oxidation sites excluding steroid dienone is 1. The molecule has 3 rings (SSSR count). The molecule has 0 unspecified atom stereocenters. The van der Waals surface area contributed by atoms with Crippen molar-refractivity contribution in [3.63, 3.8) is 0 Å². The molecule has 3 aromatic rings. The standard InChI is InChI=1S/C22H22ClN5O2/c1-5-16(29)11-15-10-13(2)6-8-18(15)25-20-14(3)12-24-22(27-20)28-21-17(23)7-9-19(26-21)30-4/h5-10,12H,1,11H2,2-4H3,(H2,24,25,26,27,28). The molecule has 2 aromatic heterocycles. The van der Waals surface area contributed by atoms with Crippen molar-refractivity contribution in [2.75, 3.05) is 17.7 Å². The van der Waals surface area contributed by atoms with E-state index in [-0.39, 0.29) is 12.2 Å². The van der Waals surface area contributed by atoms with E-state index in [1.807, 2.05) is 32.0 Å². The van der Waals surface area contributed by atoms with Crippen LogP contribution in [-0.2, 0) is 11.2 Å². The molecule has 30 heavy (non-hydrogen) atoms. The lowest BCUT2D eigenvalue weighted by Gasteiger charge is -2.14. The van der Waals surface area contributed by atoms with Crippen LogP contribution in [0.5, 0.6) is 5.88 Å². The third-order valence-electron chi connectivity index (χ3n) is 4.34. The van der Waals surface area contributed by atoms with Gasteiger partial charge in [0.2, 0.25) is 11.8 Å². The molecule has 0 saturated heterocycles. The molecule has 8 heteroatoms. The molecule has 0 aliphatic heterocycles. The highest BCUT2D eigenvalue weighted by Gasteiger charge is 2.12. The van der Waals surface area contributed by atoms with Crippen LogP contribution in [0.3, 0.4) is 0 Å². The number of carbonyl (C=O) groups excluding carboxylic acids is 1. The molecule has 0 fully saturated rings. The summed E-state index contributed by atoms with van der Waals surface area (Å²) in [6.45, 7) is 7.43. The van der Waals surface area contributed by atoms with Crippen molar-refractivity contribution in [2.24, 2.45) is 0 Å². The average Bonchev–Trinajstić information content (AvgIpc) is 2.73. The molecule has 0 radical (unpaired) electrons. The smallest absolute Gasteiger partial charge is 0.230 e. The van der Waals surface area contributed by atoms with Gasteiger partial charge in [-0.25, -0.2) is 4.98 Å². The summed E-state index contributed by atoms with van der Waals surface area (Å²) in [5, 5.41) is 6.73. The minimum atomic E-state index is -0.0517. The quantitative estimate of drug-likeness (QED) is 0.496. The summed E-state index contributed by atoms with van der Waals surface area (Å²) in [7, 11) is 1.53. The number of ether oxygens (including phenoxy) is 1. The Morgan fingerprint density at radius 1 is 1.17 bits per heavy atom.